The molecule has 32 heavy (non-hydrogen) atoms. The van der Waals surface area contributed by atoms with Crippen molar-refractivity contribution in [2.75, 3.05) is 9.80 Å². The molecule has 1 saturated heterocycles. The number of halogens is 4. The highest BCUT2D eigenvalue weighted by molar-refractivity contribution is 7.81. The Morgan fingerprint density at radius 3 is 2.34 bits per heavy atom. The van der Waals surface area contributed by atoms with Gasteiger partial charge in [-0.1, -0.05) is 0 Å². The molecule has 0 saturated carbocycles. The van der Waals surface area contributed by atoms with E-state index in [-0.39, 0.29) is 16.5 Å². The summed E-state index contributed by atoms with van der Waals surface area (Å²) in [5, 5.41) is 17.4. The molecule has 0 radical (unpaired) electrons. The van der Waals surface area contributed by atoms with Crippen LogP contribution in [0.15, 0.2) is 36.4 Å². The van der Waals surface area contributed by atoms with Crippen LogP contribution in [0.1, 0.15) is 35.3 Å². The number of hydrogen-bond acceptors (Lipinski definition) is 5. The van der Waals surface area contributed by atoms with Crippen molar-refractivity contribution in [1.29, 1.82) is 5.26 Å². The maximum Gasteiger partial charge on any atom is 0.417 e. The zero-order valence-electron chi connectivity index (χ0n) is 16.5. The largest absolute Gasteiger partial charge is 0.417 e. The highest BCUT2D eigenvalue weighted by atomic mass is 32.1. The van der Waals surface area contributed by atoms with Crippen LogP contribution in [0.3, 0.4) is 0 Å². The van der Waals surface area contributed by atoms with E-state index in [9.17, 15) is 27.2 Å². The molecular weight excluding hydrogens is 452 g/mol. The summed E-state index contributed by atoms with van der Waals surface area (Å²) >= 11 is 5.34. The summed E-state index contributed by atoms with van der Waals surface area (Å²) in [5.41, 5.74) is -2.58. The number of carbonyl (C=O) groups excluding carboxylic acids is 2. The van der Waals surface area contributed by atoms with Gasteiger partial charge in [0.2, 0.25) is 0 Å². The smallest absolute Gasteiger partial charge is 0.303 e. The Labute approximate surface area is 184 Å². The molecule has 2 aromatic rings. The van der Waals surface area contributed by atoms with E-state index >= 15 is 0 Å². The Morgan fingerprint density at radius 2 is 1.81 bits per heavy atom. The first kappa shape index (κ1) is 23.1. The van der Waals surface area contributed by atoms with Crippen LogP contribution in [0, 0.1) is 17.1 Å². The van der Waals surface area contributed by atoms with Crippen molar-refractivity contribution in [3.63, 3.8) is 0 Å². The normalized spacial score (nSPS) is 15.7. The Kier molecular flexibility index (Phi) is 5.67. The number of anilines is 2. The second kappa shape index (κ2) is 7.85. The van der Waals surface area contributed by atoms with Crippen molar-refractivity contribution in [3.8, 4) is 6.07 Å². The van der Waals surface area contributed by atoms with Crippen molar-refractivity contribution in [3.05, 3.63) is 58.9 Å². The van der Waals surface area contributed by atoms with E-state index in [0.29, 0.717) is 6.07 Å². The summed E-state index contributed by atoms with van der Waals surface area (Å²) < 4.78 is 54.5. The maximum absolute atomic E-state index is 14.4. The molecule has 2 amide bonds. The van der Waals surface area contributed by atoms with E-state index < -0.39 is 46.0 Å². The number of rotatable bonds is 3. The lowest BCUT2D eigenvalue weighted by atomic mass is 10.0. The van der Waals surface area contributed by atoms with Gasteiger partial charge in [-0.25, -0.2) is 9.87 Å². The topological polar surface area (TPSA) is 96.7 Å². The SMILES string of the molecule is CC1(C)C(=O)N(c2ccc(C#N)c(C(F)(F)F)c2)C(=S)N1c1ccc(C(=O)NO)c(F)c1. The van der Waals surface area contributed by atoms with Gasteiger partial charge in [-0.05, 0) is 62.5 Å². The fourth-order valence-electron chi connectivity index (χ4n) is 3.35. The first-order valence-corrected chi connectivity index (χ1v) is 9.29. The van der Waals surface area contributed by atoms with Crippen LogP contribution in [0.4, 0.5) is 28.9 Å². The minimum atomic E-state index is -4.84. The van der Waals surface area contributed by atoms with Crippen molar-refractivity contribution >= 4 is 40.5 Å². The first-order valence-electron chi connectivity index (χ1n) is 8.88. The van der Waals surface area contributed by atoms with Crippen LogP contribution in [0.5, 0.6) is 0 Å². The molecule has 0 spiro atoms. The molecule has 12 heteroatoms. The zero-order chi connectivity index (χ0) is 24.0. The summed E-state index contributed by atoms with van der Waals surface area (Å²) in [6.45, 7) is 2.89. The van der Waals surface area contributed by atoms with Crippen molar-refractivity contribution < 1.29 is 32.4 Å². The molecule has 0 aliphatic carbocycles. The maximum atomic E-state index is 14.4. The lowest BCUT2D eigenvalue weighted by Gasteiger charge is -2.29. The van der Waals surface area contributed by atoms with E-state index in [2.05, 4.69) is 0 Å². The fraction of sp³-hybridized carbons (Fsp3) is 0.200. The number of benzene rings is 2. The Bertz CT molecular complexity index is 1190. The molecular formula is C20H14F4N4O3S. The number of nitrogens with one attached hydrogen (secondary N) is 1. The molecule has 1 aliphatic rings. The number of alkyl halides is 3. The summed E-state index contributed by atoms with van der Waals surface area (Å²) in [6, 6.07) is 7.46. The standard InChI is InChI=1S/C20H14F4N4O3S/c1-19(2)17(30)27(11-4-3-10(9-25)14(7-11)20(22,23)24)18(32)28(19)12-5-6-13(15(21)8-12)16(29)26-31/h3-8,31H,1-2H3,(H,26,29). The van der Waals surface area contributed by atoms with Crippen molar-refractivity contribution in [2.45, 2.75) is 25.6 Å². The highest BCUT2D eigenvalue weighted by Gasteiger charge is 2.50. The van der Waals surface area contributed by atoms with Crippen LogP contribution < -0.4 is 15.3 Å². The predicted molar refractivity (Wildman–Crippen MR) is 108 cm³/mol. The number of nitriles is 1. The molecule has 1 heterocycles. The van der Waals surface area contributed by atoms with E-state index in [0.717, 1.165) is 29.2 Å². The van der Waals surface area contributed by atoms with E-state index in [1.54, 1.807) is 0 Å². The van der Waals surface area contributed by atoms with Gasteiger partial charge in [0.15, 0.2) is 5.11 Å². The third-order valence-corrected chi connectivity index (χ3v) is 5.28. The Balaban J connectivity index is 2.10. The third-order valence-electron chi connectivity index (χ3n) is 4.91. The molecule has 2 aromatic carbocycles. The average Bonchev–Trinajstić information content (AvgIpc) is 2.90. The summed E-state index contributed by atoms with van der Waals surface area (Å²) in [5.74, 6) is -2.79. The number of thiocarbonyl (C=S) groups is 1. The molecule has 1 aliphatic heterocycles. The first-order chi connectivity index (χ1) is 14.8. The van der Waals surface area contributed by atoms with E-state index in [4.69, 9.17) is 22.7 Å². The molecule has 0 bridgehead atoms. The monoisotopic (exact) mass is 466 g/mol. The molecule has 2 N–H and O–H groups in total. The second-order valence-electron chi connectivity index (χ2n) is 7.26. The number of carbonyl (C=O) groups is 2. The zero-order valence-corrected chi connectivity index (χ0v) is 17.3. The number of nitrogens with zero attached hydrogens (tertiary/aromatic N) is 3. The van der Waals surface area contributed by atoms with E-state index in [1.807, 2.05) is 0 Å². The Hall–Kier alpha value is -3.56. The predicted octanol–water partition coefficient (Wildman–Crippen LogP) is 3.75. The van der Waals surface area contributed by atoms with Crippen molar-refractivity contribution in [1.82, 2.24) is 5.48 Å². The average molecular weight is 466 g/mol. The van der Waals surface area contributed by atoms with Crippen molar-refractivity contribution in [2.24, 2.45) is 0 Å². The van der Waals surface area contributed by atoms with Gasteiger partial charge < -0.3 is 4.90 Å². The van der Waals surface area contributed by atoms with Crippen LogP contribution in [0.2, 0.25) is 0 Å². The minimum absolute atomic E-state index is 0.0625. The van der Waals surface area contributed by atoms with Gasteiger partial charge >= 0.3 is 6.18 Å². The van der Waals surface area contributed by atoms with Gasteiger partial charge in [-0.2, -0.15) is 18.4 Å². The molecule has 0 atom stereocenters. The van der Waals surface area contributed by atoms with Crippen LogP contribution >= 0.6 is 12.2 Å². The molecule has 166 valence electrons. The summed E-state index contributed by atoms with van der Waals surface area (Å²) in [7, 11) is 0. The van der Waals surface area contributed by atoms with Gasteiger partial charge in [-0.3, -0.25) is 19.7 Å². The highest BCUT2D eigenvalue weighted by Crippen LogP contribution is 2.39. The number of amides is 2. The lowest BCUT2D eigenvalue weighted by molar-refractivity contribution is -0.137. The van der Waals surface area contributed by atoms with Crippen LogP contribution in [0.25, 0.3) is 0 Å². The summed E-state index contributed by atoms with van der Waals surface area (Å²) in [4.78, 5) is 26.7. The molecule has 0 aromatic heterocycles. The molecule has 1 fully saturated rings. The van der Waals surface area contributed by atoms with Gasteiger partial charge in [0.1, 0.15) is 11.4 Å². The van der Waals surface area contributed by atoms with Crippen LogP contribution in [-0.4, -0.2) is 27.7 Å². The van der Waals surface area contributed by atoms with Gasteiger partial charge in [0.05, 0.1) is 28.4 Å². The number of hydrogen-bond donors (Lipinski definition) is 2. The van der Waals surface area contributed by atoms with Gasteiger partial charge in [-0.15, -0.1) is 0 Å². The third kappa shape index (κ3) is 3.65. The fourth-order valence-corrected chi connectivity index (χ4v) is 3.87. The quantitative estimate of drug-likeness (QED) is 0.310. The molecule has 0 unspecified atom stereocenters. The van der Waals surface area contributed by atoms with Gasteiger partial charge in [0.25, 0.3) is 11.8 Å². The van der Waals surface area contributed by atoms with Gasteiger partial charge in [0, 0.05) is 5.69 Å². The number of hydroxylamine groups is 1. The van der Waals surface area contributed by atoms with E-state index in [1.165, 1.54) is 36.4 Å². The molecule has 7 nitrogen and oxygen atoms in total. The second-order valence-corrected chi connectivity index (χ2v) is 7.63. The lowest BCUT2D eigenvalue weighted by Crippen LogP contribution is -2.44. The van der Waals surface area contributed by atoms with Crippen LogP contribution in [-0.2, 0) is 11.0 Å². The Morgan fingerprint density at radius 1 is 1.19 bits per heavy atom. The molecule has 3 rings (SSSR count). The minimum Gasteiger partial charge on any atom is -0.303 e. The summed E-state index contributed by atoms with van der Waals surface area (Å²) in [6.07, 6.45) is -4.84.